The first-order valence-corrected chi connectivity index (χ1v) is 7.22. The third-order valence-electron chi connectivity index (χ3n) is 2.75. The SMILES string of the molecule is CCc1cn[nH]c1NC(=O)CCNC(=O)c1cccs1. The molecule has 0 spiro atoms. The van der Waals surface area contributed by atoms with E-state index in [1.165, 1.54) is 11.3 Å². The Labute approximate surface area is 120 Å². The molecule has 0 aliphatic heterocycles. The lowest BCUT2D eigenvalue weighted by Gasteiger charge is -2.05. The summed E-state index contributed by atoms with van der Waals surface area (Å²) in [6.45, 7) is 2.29. The molecule has 0 aliphatic carbocycles. The molecule has 106 valence electrons. The highest BCUT2D eigenvalue weighted by Gasteiger charge is 2.09. The van der Waals surface area contributed by atoms with Crippen LogP contribution in [0.5, 0.6) is 0 Å². The maximum atomic E-state index is 11.7. The number of hydrogen-bond donors (Lipinski definition) is 3. The van der Waals surface area contributed by atoms with Crippen molar-refractivity contribution in [2.75, 3.05) is 11.9 Å². The monoisotopic (exact) mass is 292 g/mol. The number of amides is 2. The number of carbonyl (C=O) groups excluding carboxylic acids is 2. The van der Waals surface area contributed by atoms with Gasteiger partial charge < -0.3 is 10.6 Å². The number of hydrogen-bond acceptors (Lipinski definition) is 4. The van der Waals surface area contributed by atoms with E-state index in [4.69, 9.17) is 0 Å². The smallest absolute Gasteiger partial charge is 0.261 e. The molecule has 2 aromatic heterocycles. The zero-order chi connectivity index (χ0) is 14.4. The van der Waals surface area contributed by atoms with Crippen molar-refractivity contribution in [2.24, 2.45) is 0 Å². The van der Waals surface area contributed by atoms with Crippen molar-refractivity contribution in [2.45, 2.75) is 19.8 Å². The summed E-state index contributed by atoms with van der Waals surface area (Å²) in [6, 6.07) is 3.56. The van der Waals surface area contributed by atoms with Gasteiger partial charge in [0.1, 0.15) is 5.82 Å². The summed E-state index contributed by atoms with van der Waals surface area (Å²) in [5.41, 5.74) is 0.959. The van der Waals surface area contributed by atoms with Crippen LogP contribution in [-0.4, -0.2) is 28.6 Å². The second-order valence-corrected chi connectivity index (χ2v) is 5.10. The van der Waals surface area contributed by atoms with Gasteiger partial charge >= 0.3 is 0 Å². The van der Waals surface area contributed by atoms with E-state index >= 15 is 0 Å². The van der Waals surface area contributed by atoms with E-state index in [9.17, 15) is 9.59 Å². The summed E-state index contributed by atoms with van der Waals surface area (Å²) >= 11 is 1.37. The molecular weight excluding hydrogens is 276 g/mol. The van der Waals surface area contributed by atoms with Gasteiger partial charge in [0, 0.05) is 18.5 Å². The molecule has 2 aromatic rings. The van der Waals surface area contributed by atoms with Gasteiger partial charge in [0.05, 0.1) is 11.1 Å². The first-order valence-electron chi connectivity index (χ1n) is 6.34. The first kappa shape index (κ1) is 14.3. The van der Waals surface area contributed by atoms with Crippen molar-refractivity contribution < 1.29 is 9.59 Å². The number of aromatic amines is 1. The molecule has 7 heteroatoms. The Bertz CT molecular complexity index is 577. The number of anilines is 1. The van der Waals surface area contributed by atoms with Crippen molar-refractivity contribution in [3.63, 3.8) is 0 Å². The molecule has 0 saturated heterocycles. The molecule has 6 nitrogen and oxygen atoms in total. The van der Waals surface area contributed by atoms with Gasteiger partial charge in [-0.15, -0.1) is 11.3 Å². The lowest BCUT2D eigenvalue weighted by molar-refractivity contribution is -0.116. The first-order chi connectivity index (χ1) is 9.70. The van der Waals surface area contributed by atoms with E-state index in [1.807, 2.05) is 18.4 Å². The third kappa shape index (κ3) is 3.67. The summed E-state index contributed by atoms with van der Waals surface area (Å²) in [5.74, 6) is 0.320. The van der Waals surface area contributed by atoms with E-state index in [0.29, 0.717) is 17.2 Å². The van der Waals surface area contributed by atoms with Crippen LogP contribution in [0.15, 0.2) is 23.7 Å². The van der Waals surface area contributed by atoms with Crippen LogP contribution in [0.3, 0.4) is 0 Å². The molecule has 0 bridgehead atoms. The molecule has 2 amide bonds. The van der Waals surface area contributed by atoms with Gasteiger partial charge in [0.2, 0.25) is 5.91 Å². The predicted octanol–water partition coefficient (Wildman–Crippen LogP) is 1.79. The summed E-state index contributed by atoms with van der Waals surface area (Å²) in [4.78, 5) is 24.0. The maximum absolute atomic E-state index is 11.7. The summed E-state index contributed by atoms with van der Waals surface area (Å²) in [7, 11) is 0. The van der Waals surface area contributed by atoms with E-state index < -0.39 is 0 Å². The molecule has 0 saturated carbocycles. The minimum atomic E-state index is -0.157. The fraction of sp³-hybridized carbons (Fsp3) is 0.308. The normalized spacial score (nSPS) is 10.2. The number of nitrogens with zero attached hydrogens (tertiary/aromatic N) is 1. The van der Waals surface area contributed by atoms with Gasteiger partial charge in [-0.2, -0.15) is 5.10 Å². The van der Waals surface area contributed by atoms with Crippen LogP contribution in [-0.2, 0) is 11.2 Å². The van der Waals surface area contributed by atoms with Gasteiger partial charge in [0.15, 0.2) is 0 Å². The number of rotatable bonds is 6. The zero-order valence-electron chi connectivity index (χ0n) is 11.1. The predicted molar refractivity (Wildman–Crippen MR) is 77.9 cm³/mol. The van der Waals surface area contributed by atoms with Crippen LogP contribution >= 0.6 is 11.3 Å². The standard InChI is InChI=1S/C13H16N4O2S/c1-2-9-8-15-17-12(9)16-11(18)5-6-14-13(19)10-4-3-7-20-10/h3-4,7-8H,2,5-6H2,1H3,(H,14,19)(H2,15,16,17,18). The number of H-pyrrole nitrogens is 1. The van der Waals surface area contributed by atoms with Crippen molar-refractivity contribution in [1.29, 1.82) is 0 Å². The molecule has 0 atom stereocenters. The van der Waals surface area contributed by atoms with E-state index in [-0.39, 0.29) is 18.2 Å². The van der Waals surface area contributed by atoms with Crippen LogP contribution in [0.2, 0.25) is 0 Å². The molecule has 0 aromatic carbocycles. The van der Waals surface area contributed by atoms with Crippen molar-refractivity contribution >= 4 is 29.0 Å². The molecule has 2 rings (SSSR count). The molecule has 0 aliphatic rings. The second-order valence-electron chi connectivity index (χ2n) is 4.16. The molecule has 0 unspecified atom stereocenters. The highest BCUT2D eigenvalue weighted by atomic mass is 32.1. The number of nitrogens with one attached hydrogen (secondary N) is 3. The zero-order valence-corrected chi connectivity index (χ0v) is 11.9. The van der Waals surface area contributed by atoms with Crippen LogP contribution in [0.25, 0.3) is 0 Å². The van der Waals surface area contributed by atoms with Crippen LogP contribution in [0, 0.1) is 0 Å². The maximum Gasteiger partial charge on any atom is 0.261 e. The third-order valence-corrected chi connectivity index (χ3v) is 3.61. The van der Waals surface area contributed by atoms with E-state index in [2.05, 4.69) is 20.8 Å². The second kappa shape index (κ2) is 6.85. The number of thiophene rings is 1. The Hall–Kier alpha value is -2.15. The average molecular weight is 292 g/mol. The van der Waals surface area contributed by atoms with Crippen LogP contribution in [0.4, 0.5) is 5.82 Å². The van der Waals surface area contributed by atoms with Crippen LogP contribution in [0.1, 0.15) is 28.6 Å². The number of carbonyl (C=O) groups is 2. The lowest BCUT2D eigenvalue weighted by Crippen LogP contribution is -2.27. The highest BCUT2D eigenvalue weighted by molar-refractivity contribution is 7.12. The van der Waals surface area contributed by atoms with E-state index in [0.717, 1.165) is 12.0 Å². The highest BCUT2D eigenvalue weighted by Crippen LogP contribution is 2.11. The molecule has 2 heterocycles. The van der Waals surface area contributed by atoms with E-state index in [1.54, 1.807) is 12.3 Å². The quantitative estimate of drug-likeness (QED) is 0.758. The summed E-state index contributed by atoms with van der Waals surface area (Å²) < 4.78 is 0. The van der Waals surface area contributed by atoms with Crippen molar-refractivity contribution in [3.05, 3.63) is 34.2 Å². The summed E-state index contributed by atoms with van der Waals surface area (Å²) in [5, 5.41) is 13.9. The summed E-state index contributed by atoms with van der Waals surface area (Å²) in [6.07, 6.45) is 2.70. The van der Waals surface area contributed by atoms with Gasteiger partial charge in [-0.3, -0.25) is 14.7 Å². The molecule has 20 heavy (non-hydrogen) atoms. The number of aromatic nitrogens is 2. The Morgan fingerprint density at radius 1 is 1.45 bits per heavy atom. The van der Waals surface area contributed by atoms with Crippen molar-refractivity contribution in [3.8, 4) is 0 Å². The van der Waals surface area contributed by atoms with Crippen LogP contribution < -0.4 is 10.6 Å². The van der Waals surface area contributed by atoms with Gasteiger partial charge in [-0.05, 0) is 17.9 Å². The fourth-order valence-electron chi connectivity index (χ4n) is 1.67. The minimum absolute atomic E-state index is 0.149. The Kier molecular flexibility index (Phi) is 4.89. The topological polar surface area (TPSA) is 86.9 Å². The van der Waals surface area contributed by atoms with Crippen molar-refractivity contribution in [1.82, 2.24) is 15.5 Å². The number of aryl methyl sites for hydroxylation is 1. The molecule has 3 N–H and O–H groups in total. The fourth-order valence-corrected chi connectivity index (χ4v) is 2.31. The Balaban J connectivity index is 1.74. The lowest BCUT2D eigenvalue weighted by atomic mass is 10.2. The molecule has 0 radical (unpaired) electrons. The molecular formula is C13H16N4O2S. The Morgan fingerprint density at radius 3 is 3.00 bits per heavy atom. The average Bonchev–Trinajstić information content (AvgIpc) is 3.09. The van der Waals surface area contributed by atoms with Gasteiger partial charge in [-0.25, -0.2) is 0 Å². The minimum Gasteiger partial charge on any atom is -0.351 e. The van der Waals surface area contributed by atoms with Gasteiger partial charge in [-0.1, -0.05) is 13.0 Å². The molecule has 0 fully saturated rings. The van der Waals surface area contributed by atoms with Gasteiger partial charge in [0.25, 0.3) is 5.91 Å². The Morgan fingerprint density at radius 2 is 2.30 bits per heavy atom. The largest absolute Gasteiger partial charge is 0.351 e.